The van der Waals surface area contributed by atoms with Gasteiger partial charge in [-0.2, -0.15) is 0 Å². The molecule has 1 heterocycles. The normalized spacial score (nSPS) is 13.3. The van der Waals surface area contributed by atoms with E-state index in [-0.39, 0.29) is 12.6 Å². The lowest BCUT2D eigenvalue weighted by Gasteiger charge is -2.10. The summed E-state index contributed by atoms with van der Waals surface area (Å²) in [6, 6.07) is 5.96. The Morgan fingerprint density at radius 3 is 3.00 bits per heavy atom. The fourth-order valence-corrected chi connectivity index (χ4v) is 2.11. The number of H-pyrrole nitrogens is 1. The quantitative estimate of drug-likeness (QED) is 0.800. The molecule has 0 saturated heterocycles. The van der Waals surface area contributed by atoms with E-state index < -0.39 is 0 Å². The second kappa shape index (κ2) is 4.35. The zero-order valence-electron chi connectivity index (χ0n) is 8.20. The minimum Gasteiger partial charge on any atom is -0.396 e. The Bertz CT molecular complexity index is 467. The van der Waals surface area contributed by atoms with E-state index in [4.69, 9.17) is 10.8 Å². The van der Waals surface area contributed by atoms with Crippen LogP contribution in [0.25, 0.3) is 10.9 Å². The molecule has 0 bridgehead atoms. The number of aromatic amines is 1. The van der Waals surface area contributed by atoms with E-state index in [1.807, 2.05) is 24.4 Å². The van der Waals surface area contributed by atoms with Crippen LogP contribution in [0.5, 0.6) is 0 Å². The van der Waals surface area contributed by atoms with Crippen molar-refractivity contribution in [3.63, 3.8) is 0 Å². The average molecular weight is 269 g/mol. The number of nitrogens with one attached hydrogen (secondary N) is 1. The molecule has 15 heavy (non-hydrogen) atoms. The van der Waals surface area contributed by atoms with Crippen LogP contribution in [0.3, 0.4) is 0 Å². The third kappa shape index (κ3) is 2.07. The second-order valence-corrected chi connectivity index (χ2v) is 4.41. The van der Waals surface area contributed by atoms with Crippen LogP contribution in [0.2, 0.25) is 0 Å². The largest absolute Gasteiger partial charge is 0.396 e. The van der Waals surface area contributed by atoms with Crippen LogP contribution >= 0.6 is 15.9 Å². The molecule has 3 nitrogen and oxygen atoms in total. The number of hydrogen-bond donors (Lipinski definition) is 3. The molecule has 1 atom stereocenters. The van der Waals surface area contributed by atoms with Crippen LogP contribution < -0.4 is 5.73 Å². The number of aliphatic hydroxyl groups excluding tert-OH is 1. The molecular weight excluding hydrogens is 256 g/mol. The molecule has 2 aromatic rings. The van der Waals surface area contributed by atoms with E-state index in [0.717, 1.165) is 20.9 Å². The minimum atomic E-state index is -0.0959. The third-order valence-corrected chi connectivity index (χ3v) is 3.18. The van der Waals surface area contributed by atoms with Crippen molar-refractivity contribution < 1.29 is 5.11 Å². The molecule has 1 unspecified atom stereocenters. The first kappa shape index (κ1) is 10.7. The summed E-state index contributed by atoms with van der Waals surface area (Å²) in [6.07, 6.45) is 2.50. The Morgan fingerprint density at radius 2 is 2.27 bits per heavy atom. The van der Waals surface area contributed by atoms with Gasteiger partial charge in [0.2, 0.25) is 0 Å². The average Bonchev–Trinajstić information content (AvgIpc) is 2.60. The predicted molar refractivity (Wildman–Crippen MR) is 64.6 cm³/mol. The lowest BCUT2D eigenvalue weighted by Crippen LogP contribution is -2.11. The molecule has 0 radical (unpaired) electrons. The summed E-state index contributed by atoms with van der Waals surface area (Å²) < 4.78 is 1.06. The molecule has 2 rings (SSSR count). The molecular formula is C11H13BrN2O. The lowest BCUT2D eigenvalue weighted by molar-refractivity contribution is 0.276. The standard InChI is InChI=1S/C11H13BrN2O/c12-9-6-14-11-5-7(1-2-8(9)11)10(13)3-4-15/h1-2,5-6,10,14-15H,3-4,13H2. The summed E-state index contributed by atoms with van der Waals surface area (Å²) in [7, 11) is 0. The molecule has 4 N–H and O–H groups in total. The monoisotopic (exact) mass is 268 g/mol. The first-order valence-corrected chi connectivity index (χ1v) is 5.64. The first-order valence-electron chi connectivity index (χ1n) is 4.85. The summed E-state index contributed by atoms with van der Waals surface area (Å²) in [5.41, 5.74) is 8.03. The van der Waals surface area contributed by atoms with Gasteiger partial charge >= 0.3 is 0 Å². The topological polar surface area (TPSA) is 62.0 Å². The first-order chi connectivity index (χ1) is 7.22. The van der Waals surface area contributed by atoms with E-state index >= 15 is 0 Å². The Morgan fingerprint density at radius 1 is 1.47 bits per heavy atom. The summed E-state index contributed by atoms with van der Waals surface area (Å²) in [5.74, 6) is 0. The number of rotatable bonds is 3. The number of aliphatic hydroxyl groups is 1. The Balaban J connectivity index is 2.38. The molecule has 0 spiro atoms. The van der Waals surface area contributed by atoms with Crippen molar-refractivity contribution in [1.29, 1.82) is 0 Å². The number of hydrogen-bond acceptors (Lipinski definition) is 2. The van der Waals surface area contributed by atoms with Gasteiger partial charge in [-0.1, -0.05) is 12.1 Å². The van der Waals surface area contributed by atoms with Crippen molar-refractivity contribution in [2.45, 2.75) is 12.5 Å². The summed E-state index contributed by atoms with van der Waals surface area (Å²) in [6.45, 7) is 0.119. The van der Waals surface area contributed by atoms with E-state index in [1.165, 1.54) is 0 Å². The molecule has 4 heteroatoms. The highest BCUT2D eigenvalue weighted by Crippen LogP contribution is 2.26. The minimum absolute atomic E-state index is 0.0959. The van der Waals surface area contributed by atoms with E-state index in [0.29, 0.717) is 6.42 Å². The van der Waals surface area contributed by atoms with Crippen molar-refractivity contribution in [3.05, 3.63) is 34.4 Å². The number of nitrogens with two attached hydrogens (primary N) is 1. The van der Waals surface area contributed by atoms with Crippen LogP contribution in [0, 0.1) is 0 Å². The lowest BCUT2D eigenvalue weighted by atomic mass is 10.0. The molecule has 0 aliphatic rings. The van der Waals surface area contributed by atoms with Crippen molar-refractivity contribution in [2.24, 2.45) is 5.73 Å². The summed E-state index contributed by atoms with van der Waals surface area (Å²) >= 11 is 3.46. The number of halogens is 1. The highest BCUT2D eigenvalue weighted by molar-refractivity contribution is 9.10. The van der Waals surface area contributed by atoms with Crippen molar-refractivity contribution in [2.75, 3.05) is 6.61 Å². The molecule has 0 fully saturated rings. The van der Waals surface area contributed by atoms with E-state index in [9.17, 15) is 0 Å². The summed E-state index contributed by atoms with van der Waals surface area (Å²) in [5, 5.41) is 9.97. The molecule has 1 aromatic carbocycles. The highest BCUT2D eigenvalue weighted by atomic mass is 79.9. The molecule has 0 saturated carbocycles. The molecule has 0 aliphatic heterocycles. The smallest absolute Gasteiger partial charge is 0.0469 e. The highest BCUT2D eigenvalue weighted by Gasteiger charge is 2.07. The van der Waals surface area contributed by atoms with Crippen molar-refractivity contribution in [3.8, 4) is 0 Å². The zero-order valence-corrected chi connectivity index (χ0v) is 9.79. The molecule has 1 aromatic heterocycles. The fraction of sp³-hybridized carbons (Fsp3) is 0.273. The van der Waals surface area contributed by atoms with Gasteiger partial charge in [-0.05, 0) is 34.0 Å². The maximum absolute atomic E-state index is 8.82. The maximum atomic E-state index is 8.82. The van der Waals surface area contributed by atoms with E-state index in [2.05, 4.69) is 20.9 Å². The Hall–Kier alpha value is -0.840. The third-order valence-electron chi connectivity index (χ3n) is 2.52. The molecule has 80 valence electrons. The van der Waals surface area contributed by atoms with Crippen LogP contribution in [0.1, 0.15) is 18.0 Å². The number of aromatic nitrogens is 1. The van der Waals surface area contributed by atoms with Gasteiger partial charge < -0.3 is 15.8 Å². The molecule has 0 amide bonds. The maximum Gasteiger partial charge on any atom is 0.0469 e. The van der Waals surface area contributed by atoms with Gasteiger partial charge in [-0.25, -0.2) is 0 Å². The van der Waals surface area contributed by atoms with Crippen molar-refractivity contribution >= 4 is 26.8 Å². The SMILES string of the molecule is NC(CCO)c1ccc2c(Br)c[nH]c2c1. The number of benzene rings is 1. The van der Waals surface area contributed by atoms with Crippen LogP contribution in [-0.4, -0.2) is 16.7 Å². The summed E-state index contributed by atoms with van der Waals surface area (Å²) in [4.78, 5) is 3.16. The van der Waals surface area contributed by atoms with Crippen molar-refractivity contribution in [1.82, 2.24) is 4.98 Å². The Kier molecular flexibility index (Phi) is 3.09. The zero-order chi connectivity index (χ0) is 10.8. The van der Waals surface area contributed by atoms with Crippen LogP contribution in [0.15, 0.2) is 28.9 Å². The van der Waals surface area contributed by atoms with Gasteiger partial charge in [0.1, 0.15) is 0 Å². The van der Waals surface area contributed by atoms with Crippen LogP contribution in [-0.2, 0) is 0 Å². The van der Waals surface area contributed by atoms with Gasteiger partial charge in [0.05, 0.1) is 0 Å². The van der Waals surface area contributed by atoms with Crippen LogP contribution in [0.4, 0.5) is 0 Å². The van der Waals surface area contributed by atoms with E-state index in [1.54, 1.807) is 0 Å². The van der Waals surface area contributed by atoms with Gasteiger partial charge in [0.15, 0.2) is 0 Å². The second-order valence-electron chi connectivity index (χ2n) is 3.56. The van der Waals surface area contributed by atoms with Gasteiger partial charge in [-0.3, -0.25) is 0 Å². The van der Waals surface area contributed by atoms with Gasteiger partial charge in [0.25, 0.3) is 0 Å². The fourth-order valence-electron chi connectivity index (χ4n) is 1.64. The number of fused-ring (bicyclic) bond motifs is 1. The Labute approximate surface area is 96.4 Å². The predicted octanol–water partition coefficient (Wildman–Crippen LogP) is 2.31. The van der Waals surface area contributed by atoms with Gasteiger partial charge in [-0.15, -0.1) is 0 Å². The van der Waals surface area contributed by atoms with Gasteiger partial charge in [0, 0.05) is 34.2 Å². The molecule has 0 aliphatic carbocycles.